The van der Waals surface area contributed by atoms with Crippen LogP contribution < -0.4 is 0 Å². The summed E-state index contributed by atoms with van der Waals surface area (Å²) in [6.07, 6.45) is 15.4. The molecular formula is C18H38O2. The summed E-state index contributed by atoms with van der Waals surface area (Å²) in [6.45, 7) is 4.45. The van der Waals surface area contributed by atoms with Crippen molar-refractivity contribution in [3.63, 3.8) is 0 Å². The summed E-state index contributed by atoms with van der Waals surface area (Å²) in [7, 11) is 0. The fraction of sp³-hybridized carbons (Fsp3) is 1.00. The van der Waals surface area contributed by atoms with Gasteiger partial charge in [-0.3, -0.25) is 0 Å². The van der Waals surface area contributed by atoms with Crippen molar-refractivity contribution in [1.82, 2.24) is 0 Å². The van der Waals surface area contributed by atoms with E-state index < -0.39 is 12.2 Å². The van der Waals surface area contributed by atoms with Crippen LogP contribution in [0.1, 0.15) is 104 Å². The molecular weight excluding hydrogens is 248 g/mol. The van der Waals surface area contributed by atoms with Gasteiger partial charge in [-0.1, -0.05) is 90.9 Å². The van der Waals surface area contributed by atoms with Crippen molar-refractivity contribution >= 4 is 0 Å². The molecule has 2 heteroatoms. The van der Waals surface area contributed by atoms with Crippen molar-refractivity contribution in [1.29, 1.82) is 0 Å². The monoisotopic (exact) mass is 286 g/mol. The SMILES string of the molecule is CCCCCCCCC(O)C(O)CCCCCCCC. The molecule has 0 aromatic carbocycles. The largest absolute Gasteiger partial charge is 0.390 e. The molecule has 0 fully saturated rings. The van der Waals surface area contributed by atoms with E-state index in [4.69, 9.17) is 0 Å². The Balaban J connectivity index is 3.35. The summed E-state index contributed by atoms with van der Waals surface area (Å²) in [5, 5.41) is 19.8. The third-order valence-electron chi connectivity index (χ3n) is 4.15. The molecule has 0 heterocycles. The molecule has 0 aliphatic heterocycles. The van der Waals surface area contributed by atoms with Crippen LogP contribution in [0.5, 0.6) is 0 Å². The molecule has 2 N–H and O–H groups in total. The Hall–Kier alpha value is -0.0800. The number of rotatable bonds is 15. The molecule has 2 atom stereocenters. The number of hydrogen-bond donors (Lipinski definition) is 2. The molecule has 122 valence electrons. The standard InChI is InChI=1S/C18H38O2/c1-3-5-7-9-11-13-15-17(19)18(20)16-14-12-10-8-6-4-2/h17-20H,3-16H2,1-2H3. The van der Waals surface area contributed by atoms with Crippen LogP contribution >= 0.6 is 0 Å². The van der Waals surface area contributed by atoms with Gasteiger partial charge in [0.05, 0.1) is 12.2 Å². The summed E-state index contributed by atoms with van der Waals surface area (Å²) in [6, 6.07) is 0. The Morgan fingerprint density at radius 3 is 1.15 bits per heavy atom. The van der Waals surface area contributed by atoms with Crippen LogP contribution in [-0.2, 0) is 0 Å². The van der Waals surface area contributed by atoms with E-state index in [2.05, 4.69) is 13.8 Å². The van der Waals surface area contributed by atoms with Gasteiger partial charge in [0, 0.05) is 0 Å². The van der Waals surface area contributed by atoms with Gasteiger partial charge in [0.2, 0.25) is 0 Å². The highest BCUT2D eigenvalue weighted by Gasteiger charge is 2.14. The lowest BCUT2D eigenvalue weighted by Crippen LogP contribution is -2.25. The second kappa shape index (κ2) is 15.3. The lowest BCUT2D eigenvalue weighted by Gasteiger charge is -2.17. The van der Waals surface area contributed by atoms with Crippen molar-refractivity contribution in [3.05, 3.63) is 0 Å². The van der Waals surface area contributed by atoms with E-state index >= 15 is 0 Å². The summed E-state index contributed by atoms with van der Waals surface area (Å²) < 4.78 is 0. The molecule has 0 rings (SSSR count). The van der Waals surface area contributed by atoms with Crippen molar-refractivity contribution < 1.29 is 10.2 Å². The summed E-state index contributed by atoms with van der Waals surface area (Å²) in [5.74, 6) is 0. The Morgan fingerprint density at radius 2 is 0.800 bits per heavy atom. The van der Waals surface area contributed by atoms with Gasteiger partial charge in [-0.2, -0.15) is 0 Å². The summed E-state index contributed by atoms with van der Waals surface area (Å²) in [5.41, 5.74) is 0. The highest BCUT2D eigenvalue weighted by molar-refractivity contribution is 4.67. The minimum absolute atomic E-state index is 0.503. The maximum atomic E-state index is 9.91. The molecule has 0 aromatic heterocycles. The zero-order valence-corrected chi connectivity index (χ0v) is 13.9. The molecule has 0 bridgehead atoms. The van der Waals surface area contributed by atoms with Crippen LogP contribution in [0.3, 0.4) is 0 Å². The van der Waals surface area contributed by atoms with Crippen molar-refractivity contribution in [2.24, 2.45) is 0 Å². The number of unbranched alkanes of at least 4 members (excludes halogenated alkanes) is 10. The molecule has 0 aromatic rings. The van der Waals surface area contributed by atoms with Gasteiger partial charge < -0.3 is 10.2 Å². The first kappa shape index (κ1) is 19.9. The van der Waals surface area contributed by atoms with E-state index in [9.17, 15) is 10.2 Å². The van der Waals surface area contributed by atoms with Crippen molar-refractivity contribution in [2.75, 3.05) is 0 Å². The predicted molar refractivity (Wildman–Crippen MR) is 88.0 cm³/mol. The fourth-order valence-corrected chi connectivity index (χ4v) is 2.65. The van der Waals surface area contributed by atoms with Crippen LogP contribution in [0.15, 0.2) is 0 Å². The van der Waals surface area contributed by atoms with Gasteiger partial charge >= 0.3 is 0 Å². The molecule has 0 spiro atoms. The highest BCUT2D eigenvalue weighted by atomic mass is 16.3. The fourth-order valence-electron chi connectivity index (χ4n) is 2.65. The maximum absolute atomic E-state index is 9.91. The Labute approximate surface area is 127 Å². The van der Waals surface area contributed by atoms with Crippen LogP contribution in [0, 0.1) is 0 Å². The smallest absolute Gasteiger partial charge is 0.0799 e. The van der Waals surface area contributed by atoms with E-state index in [0.717, 1.165) is 25.7 Å². The van der Waals surface area contributed by atoms with Crippen LogP contribution in [0.25, 0.3) is 0 Å². The molecule has 0 aliphatic carbocycles. The zero-order chi connectivity index (χ0) is 15.1. The minimum Gasteiger partial charge on any atom is -0.390 e. The third-order valence-corrected chi connectivity index (χ3v) is 4.15. The average molecular weight is 286 g/mol. The van der Waals surface area contributed by atoms with Crippen molar-refractivity contribution in [3.8, 4) is 0 Å². The molecule has 0 aliphatic rings. The Morgan fingerprint density at radius 1 is 0.500 bits per heavy atom. The van der Waals surface area contributed by atoms with Gasteiger partial charge in [-0.25, -0.2) is 0 Å². The number of hydrogen-bond acceptors (Lipinski definition) is 2. The third kappa shape index (κ3) is 12.9. The first-order valence-corrected chi connectivity index (χ1v) is 9.08. The molecule has 0 radical (unpaired) electrons. The van der Waals surface area contributed by atoms with E-state index in [0.29, 0.717) is 0 Å². The Bertz CT molecular complexity index is 162. The Kier molecular flexibility index (Phi) is 15.3. The van der Waals surface area contributed by atoms with Gasteiger partial charge in [0.1, 0.15) is 0 Å². The number of aliphatic hydroxyl groups is 2. The second-order valence-electron chi connectivity index (χ2n) is 6.25. The summed E-state index contributed by atoms with van der Waals surface area (Å²) >= 11 is 0. The second-order valence-corrected chi connectivity index (χ2v) is 6.25. The number of aliphatic hydroxyl groups excluding tert-OH is 2. The highest BCUT2D eigenvalue weighted by Crippen LogP contribution is 2.14. The van der Waals surface area contributed by atoms with Crippen LogP contribution in [0.4, 0.5) is 0 Å². The molecule has 2 unspecified atom stereocenters. The van der Waals surface area contributed by atoms with Crippen molar-refractivity contribution in [2.45, 2.75) is 116 Å². The van der Waals surface area contributed by atoms with Crippen LogP contribution in [-0.4, -0.2) is 22.4 Å². The normalized spacial score (nSPS) is 14.4. The predicted octanol–water partition coefficient (Wildman–Crippen LogP) is 5.21. The van der Waals surface area contributed by atoms with Gasteiger partial charge in [0.15, 0.2) is 0 Å². The average Bonchev–Trinajstić information content (AvgIpc) is 2.45. The zero-order valence-electron chi connectivity index (χ0n) is 13.9. The van der Waals surface area contributed by atoms with E-state index in [1.54, 1.807) is 0 Å². The molecule has 2 nitrogen and oxygen atoms in total. The van der Waals surface area contributed by atoms with Gasteiger partial charge in [-0.15, -0.1) is 0 Å². The quantitative estimate of drug-likeness (QED) is 0.406. The van der Waals surface area contributed by atoms with E-state index in [-0.39, 0.29) is 0 Å². The van der Waals surface area contributed by atoms with Gasteiger partial charge in [0.25, 0.3) is 0 Å². The first-order valence-electron chi connectivity index (χ1n) is 9.08. The molecule has 0 saturated carbocycles. The molecule has 0 amide bonds. The molecule has 20 heavy (non-hydrogen) atoms. The lowest BCUT2D eigenvalue weighted by atomic mass is 10.00. The minimum atomic E-state index is -0.503. The first-order chi connectivity index (χ1) is 9.72. The summed E-state index contributed by atoms with van der Waals surface area (Å²) in [4.78, 5) is 0. The maximum Gasteiger partial charge on any atom is 0.0799 e. The van der Waals surface area contributed by atoms with Gasteiger partial charge in [-0.05, 0) is 12.8 Å². The van der Waals surface area contributed by atoms with E-state index in [1.165, 1.54) is 64.2 Å². The molecule has 0 saturated heterocycles. The topological polar surface area (TPSA) is 40.5 Å². The lowest BCUT2D eigenvalue weighted by molar-refractivity contribution is 0.00712. The van der Waals surface area contributed by atoms with E-state index in [1.807, 2.05) is 0 Å². The van der Waals surface area contributed by atoms with Crippen LogP contribution in [0.2, 0.25) is 0 Å².